The molecule has 2 aliphatic rings. The molecule has 6 heteroatoms. The van der Waals surface area contributed by atoms with E-state index in [-0.39, 0.29) is 30.1 Å². The zero-order valence-electron chi connectivity index (χ0n) is 16.1. The van der Waals surface area contributed by atoms with Crippen molar-refractivity contribution in [1.82, 2.24) is 9.80 Å². The molecule has 2 aliphatic heterocycles. The molecular weight excluding hydrogens is 344 g/mol. The molecule has 2 fully saturated rings. The number of benzene rings is 1. The van der Waals surface area contributed by atoms with Gasteiger partial charge in [0, 0.05) is 32.6 Å². The van der Waals surface area contributed by atoms with Crippen molar-refractivity contribution >= 4 is 17.8 Å². The van der Waals surface area contributed by atoms with Crippen LogP contribution in [0.5, 0.6) is 0 Å². The number of esters is 1. The lowest BCUT2D eigenvalue weighted by Crippen LogP contribution is -2.39. The zero-order valence-corrected chi connectivity index (χ0v) is 16.1. The third-order valence-corrected chi connectivity index (χ3v) is 5.63. The fourth-order valence-corrected chi connectivity index (χ4v) is 3.94. The normalized spacial score (nSPS) is 25.1. The Bertz CT molecular complexity index is 705. The maximum Gasteiger partial charge on any atom is 0.313 e. The van der Waals surface area contributed by atoms with Crippen LogP contribution in [-0.4, -0.2) is 60.4 Å². The number of ether oxygens (including phenoxy) is 1. The van der Waals surface area contributed by atoms with Crippen molar-refractivity contribution in [3.63, 3.8) is 0 Å². The smallest absolute Gasteiger partial charge is 0.313 e. The second kappa shape index (κ2) is 8.11. The Hall–Kier alpha value is -2.37. The number of hydrogen-bond donors (Lipinski definition) is 0. The molecule has 0 saturated carbocycles. The van der Waals surface area contributed by atoms with Crippen LogP contribution >= 0.6 is 0 Å². The highest BCUT2D eigenvalue weighted by Crippen LogP contribution is 2.33. The maximum absolute atomic E-state index is 12.9. The van der Waals surface area contributed by atoms with Crippen LogP contribution in [0, 0.1) is 11.3 Å². The summed E-state index contributed by atoms with van der Waals surface area (Å²) in [6, 6.07) is 10.0. The molecule has 0 spiro atoms. The van der Waals surface area contributed by atoms with E-state index in [4.69, 9.17) is 4.74 Å². The summed E-state index contributed by atoms with van der Waals surface area (Å²) in [5, 5.41) is 0. The first-order valence-corrected chi connectivity index (χ1v) is 9.70. The lowest BCUT2D eigenvalue weighted by Gasteiger charge is -2.24. The average molecular weight is 372 g/mol. The molecule has 2 saturated heterocycles. The van der Waals surface area contributed by atoms with E-state index < -0.39 is 5.41 Å². The van der Waals surface area contributed by atoms with Crippen molar-refractivity contribution in [2.45, 2.75) is 33.1 Å². The minimum Gasteiger partial charge on any atom is -0.466 e. The molecule has 0 N–H and O–H groups in total. The van der Waals surface area contributed by atoms with Gasteiger partial charge in [0.15, 0.2) is 0 Å². The molecule has 0 unspecified atom stereocenters. The minimum atomic E-state index is -0.638. The summed E-state index contributed by atoms with van der Waals surface area (Å²) in [7, 11) is 0. The van der Waals surface area contributed by atoms with Crippen molar-refractivity contribution in [1.29, 1.82) is 0 Å². The molecule has 6 nitrogen and oxygen atoms in total. The number of carbonyl (C=O) groups excluding carboxylic acids is 3. The Morgan fingerprint density at radius 1 is 1.26 bits per heavy atom. The zero-order chi connectivity index (χ0) is 19.4. The van der Waals surface area contributed by atoms with Crippen LogP contribution in [0.2, 0.25) is 0 Å². The molecule has 0 aromatic heterocycles. The topological polar surface area (TPSA) is 66.9 Å². The van der Waals surface area contributed by atoms with E-state index in [2.05, 4.69) is 0 Å². The highest BCUT2D eigenvalue weighted by Gasteiger charge is 2.45. The Kier molecular flexibility index (Phi) is 5.82. The largest absolute Gasteiger partial charge is 0.466 e. The Morgan fingerprint density at radius 3 is 2.70 bits per heavy atom. The summed E-state index contributed by atoms with van der Waals surface area (Å²) in [6.45, 7) is 6.00. The van der Waals surface area contributed by atoms with Gasteiger partial charge in [-0.05, 0) is 32.3 Å². The first-order valence-electron chi connectivity index (χ1n) is 9.70. The number of carbonyl (C=O) groups is 3. The standard InChI is InChI=1S/C21H28N2O4/c1-3-27-20(26)21(2)10-12-23(15-21)19(25)17-13-18(24)22(14-17)11-9-16-7-5-4-6-8-16/h4-8,17H,3,9-15H2,1-2H3/t17-,21+/m1/s1. The lowest BCUT2D eigenvalue weighted by molar-refractivity contribution is -0.154. The Balaban J connectivity index is 1.54. The Morgan fingerprint density at radius 2 is 2.00 bits per heavy atom. The van der Waals surface area contributed by atoms with Gasteiger partial charge in [-0.25, -0.2) is 0 Å². The van der Waals surface area contributed by atoms with Crippen molar-refractivity contribution in [3.05, 3.63) is 35.9 Å². The van der Waals surface area contributed by atoms with Crippen molar-refractivity contribution in [3.8, 4) is 0 Å². The summed E-state index contributed by atoms with van der Waals surface area (Å²) >= 11 is 0. The van der Waals surface area contributed by atoms with Crippen LogP contribution in [0.15, 0.2) is 30.3 Å². The van der Waals surface area contributed by atoms with Crippen molar-refractivity contribution in [2.75, 3.05) is 32.8 Å². The summed E-state index contributed by atoms with van der Waals surface area (Å²) in [5.74, 6) is -0.527. The second-order valence-corrected chi connectivity index (χ2v) is 7.77. The fraction of sp³-hybridized carbons (Fsp3) is 0.571. The minimum absolute atomic E-state index is 0.0152. The first kappa shape index (κ1) is 19.4. The number of amides is 2. The van der Waals surface area contributed by atoms with Crippen LogP contribution < -0.4 is 0 Å². The van der Waals surface area contributed by atoms with Crippen LogP contribution in [0.25, 0.3) is 0 Å². The predicted octanol–water partition coefficient (Wildman–Crippen LogP) is 1.88. The summed E-state index contributed by atoms with van der Waals surface area (Å²) in [6.07, 6.45) is 1.66. The molecule has 27 heavy (non-hydrogen) atoms. The van der Waals surface area contributed by atoms with E-state index in [9.17, 15) is 14.4 Å². The van der Waals surface area contributed by atoms with Crippen LogP contribution in [0.3, 0.4) is 0 Å². The molecule has 0 bridgehead atoms. The molecule has 0 aliphatic carbocycles. The number of nitrogens with zero attached hydrogens (tertiary/aromatic N) is 2. The molecular formula is C21H28N2O4. The number of rotatable bonds is 6. The van der Waals surface area contributed by atoms with E-state index in [0.29, 0.717) is 39.2 Å². The van der Waals surface area contributed by atoms with Gasteiger partial charge in [-0.1, -0.05) is 30.3 Å². The first-order chi connectivity index (χ1) is 12.9. The molecule has 2 heterocycles. The van der Waals surface area contributed by atoms with Gasteiger partial charge in [0.05, 0.1) is 17.9 Å². The average Bonchev–Trinajstić information content (AvgIpc) is 3.24. The van der Waals surface area contributed by atoms with E-state index >= 15 is 0 Å². The van der Waals surface area contributed by atoms with Gasteiger partial charge in [-0.2, -0.15) is 0 Å². The SMILES string of the molecule is CCOC(=O)[C@@]1(C)CCN(C(=O)[C@@H]2CC(=O)N(CCc3ccccc3)C2)C1. The third-order valence-electron chi connectivity index (χ3n) is 5.63. The fourth-order valence-electron chi connectivity index (χ4n) is 3.94. The van der Waals surface area contributed by atoms with E-state index in [1.54, 1.807) is 16.7 Å². The van der Waals surface area contributed by atoms with Gasteiger partial charge in [-0.3, -0.25) is 14.4 Å². The summed E-state index contributed by atoms with van der Waals surface area (Å²) in [5.41, 5.74) is 0.547. The number of likely N-dealkylation sites (tertiary alicyclic amines) is 2. The Labute approximate surface area is 160 Å². The predicted molar refractivity (Wildman–Crippen MR) is 101 cm³/mol. The van der Waals surface area contributed by atoms with E-state index in [0.717, 1.165) is 6.42 Å². The molecule has 1 aromatic carbocycles. The maximum atomic E-state index is 12.9. The molecule has 2 amide bonds. The van der Waals surface area contributed by atoms with E-state index in [1.165, 1.54) is 5.56 Å². The summed E-state index contributed by atoms with van der Waals surface area (Å²) in [4.78, 5) is 40.9. The van der Waals surface area contributed by atoms with Gasteiger partial charge in [-0.15, -0.1) is 0 Å². The molecule has 3 rings (SSSR count). The molecule has 2 atom stereocenters. The van der Waals surface area contributed by atoms with Gasteiger partial charge in [0.2, 0.25) is 11.8 Å². The van der Waals surface area contributed by atoms with Gasteiger partial charge in [0.25, 0.3) is 0 Å². The summed E-state index contributed by atoms with van der Waals surface area (Å²) < 4.78 is 5.15. The lowest BCUT2D eigenvalue weighted by atomic mass is 9.90. The molecule has 1 aromatic rings. The molecule has 0 radical (unpaired) electrons. The molecule has 146 valence electrons. The van der Waals surface area contributed by atoms with Crippen molar-refractivity contribution < 1.29 is 19.1 Å². The van der Waals surface area contributed by atoms with Crippen LogP contribution in [-0.2, 0) is 25.5 Å². The van der Waals surface area contributed by atoms with Crippen LogP contribution in [0.1, 0.15) is 32.3 Å². The van der Waals surface area contributed by atoms with Gasteiger partial charge >= 0.3 is 5.97 Å². The highest BCUT2D eigenvalue weighted by molar-refractivity contribution is 5.90. The number of hydrogen-bond acceptors (Lipinski definition) is 4. The second-order valence-electron chi connectivity index (χ2n) is 7.77. The third kappa shape index (κ3) is 4.31. The van der Waals surface area contributed by atoms with Gasteiger partial charge < -0.3 is 14.5 Å². The van der Waals surface area contributed by atoms with E-state index in [1.807, 2.05) is 37.3 Å². The van der Waals surface area contributed by atoms with Crippen molar-refractivity contribution in [2.24, 2.45) is 11.3 Å². The van der Waals surface area contributed by atoms with Gasteiger partial charge in [0.1, 0.15) is 0 Å². The quantitative estimate of drug-likeness (QED) is 0.715. The monoisotopic (exact) mass is 372 g/mol. The highest BCUT2D eigenvalue weighted by atomic mass is 16.5. The van der Waals surface area contributed by atoms with Crippen LogP contribution in [0.4, 0.5) is 0 Å².